The van der Waals surface area contributed by atoms with Gasteiger partial charge < -0.3 is 10.1 Å². The number of benzene rings is 1. The second kappa shape index (κ2) is 8.07. The van der Waals surface area contributed by atoms with Gasteiger partial charge in [0.25, 0.3) is 0 Å². The highest BCUT2D eigenvalue weighted by Gasteiger charge is 2.22. The van der Waals surface area contributed by atoms with E-state index < -0.39 is 0 Å². The van der Waals surface area contributed by atoms with Gasteiger partial charge in [-0.3, -0.25) is 4.99 Å². The maximum atomic E-state index is 5.84. The van der Waals surface area contributed by atoms with Gasteiger partial charge in [-0.15, -0.1) is 0 Å². The summed E-state index contributed by atoms with van der Waals surface area (Å²) >= 11 is 0. The molecule has 0 radical (unpaired) electrons. The first-order valence-electron chi connectivity index (χ1n) is 9.50. The summed E-state index contributed by atoms with van der Waals surface area (Å²) in [6, 6.07) is 6.69. The number of para-hydroxylation sites is 1. The molecule has 1 aliphatic heterocycles. The molecule has 1 fully saturated rings. The minimum absolute atomic E-state index is 0.120. The predicted molar refractivity (Wildman–Crippen MR) is 108 cm³/mol. The first-order valence-corrected chi connectivity index (χ1v) is 9.50. The third-order valence-electron chi connectivity index (χ3n) is 4.74. The van der Waals surface area contributed by atoms with Crippen LogP contribution in [-0.2, 0) is 17.6 Å². The van der Waals surface area contributed by atoms with E-state index in [0.717, 1.165) is 30.1 Å². The lowest BCUT2D eigenvalue weighted by molar-refractivity contribution is 0.217. The second-order valence-corrected chi connectivity index (χ2v) is 8.13. The Morgan fingerprint density at radius 1 is 1.24 bits per heavy atom. The van der Waals surface area contributed by atoms with Crippen LogP contribution in [0.25, 0.3) is 5.32 Å². The lowest BCUT2D eigenvalue weighted by atomic mass is 9.88. The van der Waals surface area contributed by atoms with Crippen LogP contribution in [0.5, 0.6) is 0 Å². The fourth-order valence-corrected chi connectivity index (χ4v) is 2.86. The molecule has 1 atom stereocenters. The van der Waals surface area contributed by atoms with Crippen LogP contribution in [0.1, 0.15) is 59.6 Å². The van der Waals surface area contributed by atoms with Crippen molar-refractivity contribution in [1.82, 2.24) is 0 Å². The van der Waals surface area contributed by atoms with Gasteiger partial charge >= 0.3 is 0 Å². The van der Waals surface area contributed by atoms with Gasteiger partial charge in [-0.05, 0) is 41.4 Å². The van der Waals surface area contributed by atoms with Crippen molar-refractivity contribution in [3.05, 3.63) is 46.6 Å². The summed E-state index contributed by atoms with van der Waals surface area (Å²) in [5.41, 5.74) is 4.87. The van der Waals surface area contributed by atoms with E-state index in [1.165, 1.54) is 11.1 Å². The molecule has 3 nitrogen and oxygen atoms in total. The van der Waals surface area contributed by atoms with E-state index in [0.29, 0.717) is 12.5 Å². The molecule has 0 spiro atoms. The zero-order valence-electron chi connectivity index (χ0n) is 16.9. The average Bonchev–Trinajstić information content (AvgIpc) is 3.03. The van der Waals surface area contributed by atoms with Gasteiger partial charge in [0, 0.05) is 11.6 Å². The standard InChI is InChI=1S/C22H33N2O/c1-8-16-11-10-12-17(9-2)21(16)23-18(15(3)4)13-20-24-19(14-25-20)22(5,6)7/h10-13,15,19H,8-9,14H2,1-7H3/q-1/b20-13+,23-18?/t19-/m1/s1. The van der Waals surface area contributed by atoms with Crippen LogP contribution in [0.3, 0.4) is 0 Å². The maximum absolute atomic E-state index is 5.84. The number of allylic oxidation sites excluding steroid dienone is 1. The highest BCUT2D eigenvalue weighted by molar-refractivity contribution is 5.99. The summed E-state index contributed by atoms with van der Waals surface area (Å²) in [5.74, 6) is 1.04. The Labute approximate surface area is 153 Å². The molecule has 1 aliphatic rings. The third-order valence-corrected chi connectivity index (χ3v) is 4.74. The van der Waals surface area contributed by atoms with Crippen molar-refractivity contribution < 1.29 is 4.74 Å². The molecule has 0 unspecified atom stereocenters. The Bertz CT molecular complexity index is 628. The predicted octanol–water partition coefficient (Wildman–Crippen LogP) is 6.20. The van der Waals surface area contributed by atoms with E-state index in [9.17, 15) is 0 Å². The van der Waals surface area contributed by atoms with E-state index in [1.54, 1.807) is 0 Å². The van der Waals surface area contributed by atoms with E-state index in [4.69, 9.17) is 15.0 Å². The number of rotatable bonds is 5. The van der Waals surface area contributed by atoms with Gasteiger partial charge in [0.1, 0.15) is 0 Å². The van der Waals surface area contributed by atoms with Crippen LogP contribution < -0.4 is 0 Å². The Balaban J connectivity index is 2.37. The largest absolute Gasteiger partial charge is 0.648 e. The van der Waals surface area contributed by atoms with E-state index >= 15 is 0 Å². The zero-order chi connectivity index (χ0) is 18.6. The summed E-state index contributed by atoms with van der Waals surface area (Å²) < 4.78 is 5.84. The zero-order valence-corrected chi connectivity index (χ0v) is 16.9. The second-order valence-electron chi connectivity index (χ2n) is 8.13. The number of aliphatic imine (C=N–C) groups is 1. The lowest BCUT2D eigenvalue weighted by Crippen LogP contribution is -2.25. The fourth-order valence-electron chi connectivity index (χ4n) is 2.86. The van der Waals surface area contributed by atoms with Crippen molar-refractivity contribution in [1.29, 1.82) is 0 Å². The lowest BCUT2D eigenvalue weighted by Gasteiger charge is -2.34. The highest BCUT2D eigenvalue weighted by atomic mass is 16.5. The number of ether oxygens (including phenoxy) is 1. The average molecular weight is 342 g/mol. The van der Waals surface area contributed by atoms with Crippen molar-refractivity contribution in [2.24, 2.45) is 16.3 Å². The molecule has 0 bridgehead atoms. The van der Waals surface area contributed by atoms with Crippen LogP contribution in [-0.4, -0.2) is 18.4 Å². The van der Waals surface area contributed by atoms with Crippen LogP contribution in [0, 0.1) is 11.3 Å². The summed E-state index contributed by atoms with van der Waals surface area (Å²) in [5, 5.41) is 4.77. The molecule has 0 aliphatic carbocycles. The van der Waals surface area contributed by atoms with Gasteiger partial charge in [0.2, 0.25) is 0 Å². The van der Waals surface area contributed by atoms with Crippen molar-refractivity contribution in [2.75, 3.05) is 6.61 Å². The Morgan fingerprint density at radius 3 is 2.28 bits per heavy atom. The molecular formula is C22H33N2O-. The summed E-state index contributed by atoms with van der Waals surface area (Å²) in [4.78, 5) is 5.05. The van der Waals surface area contributed by atoms with E-state index in [1.807, 2.05) is 6.08 Å². The molecular weight excluding hydrogens is 308 g/mol. The quantitative estimate of drug-likeness (QED) is 0.587. The van der Waals surface area contributed by atoms with E-state index in [-0.39, 0.29) is 11.5 Å². The fraction of sp³-hybridized carbons (Fsp3) is 0.591. The van der Waals surface area contributed by atoms with E-state index in [2.05, 4.69) is 66.7 Å². The van der Waals surface area contributed by atoms with Crippen LogP contribution in [0.4, 0.5) is 5.69 Å². The normalized spacial score (nSPS) is 20.1. The minimum Gasteiger partial charge on any atom is -0.648 e. The van der Waals surface area contributed by atoms with Gasteiger partial charge in [-0.25, -0.2) is 0 Å². The highest BCUT2D eigenvalue weighted by Crippen LogP contribution is 2.35. The van der Waals surface area contributed by atoms with Gasteiger partial charge in [-0.1, -0.05) is 72.7 Å². The number of hydrogen-bond acceptors (Lipinski definition) is 2. The monoisotopic (exact) mass is 341 g/mol. The first-order chi connectivity index (χ1) is 11.8. The number of hydrogen-bond donors (Lipinski definition) is 0. The topological polar surface area (TPSA) is 35.7 Å². The summed E-state index contributed by atoms with van der Waals surface area (Å²) in [6.45, 7) is 16.0. The number of nitrogens with zero attached hydrogens (tertiary/aromatic N) is 2. The summed E-state index contributed by atoms with van der Waals surface area (Å²) in [7, 11) is 0. The van der Waals surface area contributed by atoms with Gasteiger partial charge in [0.15, 0.2) is 0 Å². The van der Waals surface area contributed by atoms with Crippen molar-refractivity contribution in [2.45, 2.75) is 67.3 Å². The van der Waals surface area contributed by atoms with Crippen LogP contribution in [0.2, 0.25) is 0 Å². The third kappa shape index (κ3) is 4.87. The molecule has 0 aromatic heterocycles. The number of aryl methyl sites for hydroxylation is 2. The van der Waals surface area contributed by atoms with Gasteiger partial charge in [0.05, 0.1) is 12.3 Å². The molecule has 3 heteroatoms. The Morgan fingerprint density at radius 2 is 1.84 bits per heavy atom. The van der Waals surface area contributed by atoms with Crippen molar-refractivity contribution >= 4 is 11.4 Å². The Hall–Kier alpha value is -1.77. The van der Waals surface area contributed by atoms with Crippen LogP contribution in [0.15, 0.2) is 35.2 Å². The molecule has 0 N–H and O–H groups in total. The molecule has 2 rings (SSSR count). The molecule has 0 saturated carbocycles. The smallest absolute Gasteiger partial charge is 0.0728 e. The molecule has 1 saturated heterocycles. The molecule has 1 heterocycles. The molecule has 138 valence electrons. The molecule has 1 aromatic carbocycles. The Kier molecular flexibility index (Phi) is 6.31. The maximum Gasteiger partial charge on any atom is 0.0728 e. The summed E-state index contributed by atoms with van der Waals surface area (Å²) in [6.07, 6.45) is 4.01. The van der Waals surface area contributed by atoms with Crippen molar-refractivity contribution in [3.63, 3.8) is 0 Å². The molecule has 0 amide bonds. The first kappa shape index (κ1) is 19.6. The van der Waals surface area contributed by atoms with Crippen LogP contribution >= 0.6 is 0 Å². The SMILES string of the molecule is CCc1cccc(CC)c1N=C(/C=C1\[N-][C@@H](C(C)(C)C)CO1)C(C)C. The van der Waals surface area contributed by atoms with Crippen molar-refractivity contribution in [3.8, 4) is 0 Å². The molecule has 25 heavy (non-hydrogen) atoms. The molecule has 1 aromatic rings. The minimum atomic E-state index is 0.120. The van der Waals surface area contributed by atoms with Gasteiger partial charge in [-0.2, -0.15) is 0 Å².